The zero-order valence-electron chi connectivity index (χ0n) is 15.6. The Kier molecular flexibility index (Phi) is 5.12. The van der Waals surface area contributed by atoms with Gasteiger partial charge in [-0.1, -0.05) is 53.7 Å². The second-order valence-corrected chi connectivity index (χ2v) is 8.25. The van der Waals surface area contributed by atoms with Crippen molar-refractivity contribution in [3.8, 4) is 5.75 Å². The van der Waals surface area contributed by atoms with Gasteiger partial charge in [0.25, 0.3) is 0 Å². The Balaban J connectivity index is 2.41. The van der Waals surface area contributed by atoms with Crippen LogP contribution in [0.5, 0.6) is 5.75 Å². The molecule has 0 spiro atoms. The predicted molar refractivity (Wildman–Crippen MR) is 101 cm³/mol. The lowest BCUT2D eigenvalue weighted by molar-refractivity contribution is 0.444. The van der Waals surface area contributed by atoms with Crippen LogP contribution in [0.1, 0.15) is 63.9 Å². The highest BCUT2D eigenvalue weighted by molar-refractivity contribution is 5.85. The Morgan fingerprint density at radius 2 is 1.75 bits per heavy atom. The first-order chi connectivity index (χ1) is 11.1. The Bertz CT molecular complexity index is 720. The van der Waals surface area contributed by atoms with E-state index in [1.165, 1.54) is 5.56 Å². The Morgan fingerprint density at radius 1 is 1.04 bits per heavy atom. The maximum Gasteiger partial charge on any atom is 0.128 e. The van der Waals surface area contributed by atoms with Gasteiger partial charge in [-0.05, 0) is 34.6 Å². The standard InChI is InChI=1S/C21H28N2O/c1-20(2,3)16-11-15(19(24)18(12-16)21(4,5)6)13-22-14-17-9-7-8-10-23-17/h7-13,24H,14H2,1-6H3. The van der Waals surface area contributed by atoms with Gasteiger partial charge in [0.05, 0.1) is 12.2 Å². The fourth-order valence-corrected chi connectivity index (χ4v) is 2.49. The van der Waals surface area contributed by atoms with Gasteiger partial charge in [0.15, 0.2) is 0 Å². The number of phenolic OH excluding ortho intramolecular Hbond substituents is 1. The monoisotopic (exact) mass is 324 g/mol. The summed E-state index contributed by atoms with van der Waals surface area (Å²) in [6.07, 6.45) is 3.52. The number of hydrogen-bond acceptors (Lipinski definition) is 3. The number of benzene rings is 1. The summed E-state index contributed by atoms with van der Waals surface area (Å²) >= 11 is 0. The second-order valence-electron chi connectivity index (χ2n) is 8.25. The second kappa shape index (κ2) is 6.76. The zero-order chi connectivity index (χ0) is 18.0. The molecule has 24 heavy (non-hydrogen) atoms. The minimum absolute atomic E-state index is 0.0112. The van der Waals surface area contributed by atoms with Crippen molar-refractivity contribution in [3.05, 3.63) is 58.9 Å². The van der Waals surface area contributed by atoms with Crippen molar-refractivity contribution in [2.45, 2.75) is 58.9 Å². The predicted octanol–water partition coefficient (Wildman–Crippen LogP) is 5.00. The van der Waals surface area contributed by atoms with E-state index in [-0.39, 0.29) is 10.8 Å². The maximum atomic E-state index is 10.7. The molecular formula is C21H28N2O. The van der Waals surface area contributed by atoms with Crippen molar-refractivity contribution in [1.82, 2.24) is 4.98 Å². The molecule has 0 atom stereocenters. The van der Waals surface area contributed by atoms with Crippen LogP contribution in [0.4, 0.5) is 0 Å². The number of rotatable bonds is 3. The molecule has 0 radical (unpaired) electrons. The first-order valence-electron chi connectivity index (χ1n) is 8.37. The van der Waals surface area contributed by atoms with E-state index in [0.29, 0.717) is 12.3 Å². The summed E-state index contributed by atoms with van der Waals surface area (Å²) in [5, 5.41) is 10.7. The van der Waals surface area contributed by atoms with Gasteiger partial charge >= 0.3 is 0 Å². The van der Waals surface area contributed by atoms with Gasteiger partial charge in [-0.15, -0.1) is 0 Å². The zero-order valence-corrected chi connectivity index (χ0v) is 15.6. The maximum absolute atomic E-state index is 10.7. The third-order valence-corrected chi connectivity index (χ3v) is 4.02. The molecule has 0 aliphatic rings. The number of aromatic nitrogens is 1. The van der Waals surface area contributed by atoms with Gasteiger partial charge in [-0.2, -0.15) is 0 Å². The molecule has 1 heterocycles. The summed E-state index contributed by atoms with van der Waals surface area (Å²) in [6.45, 7) is 13.4. The summed E-state index contributed by atoms with van der Waals surface area (Å²) in [7, 11) is 0. The average molecular weight is 324 g/mol. The van der Waals surface area contributed by atoms with Crippen molar-refractivity contribution in [2.75, 3.05) is 0 Å². The van der Waals surface area contributed by atoms with Gasteiger partial charge < -0.3 is 5.11 Å². The first kappa shape index (κ1) is 18.2. The minimum Gasteiger partial charge on any atom is -0.507 e. The van der Waals surface area contributed by atoms with Crippen LogP contribution in [-0.4, -0.2) is 16.3 Å². The smallest absolute Gasteiger partial charge is 0.128 e. The third-order valence-electron chi connectivity index (χ3n) is 4.02. The van der Waals surface area contributed by atoms with E-state index in [4.69, 9.17) is 0 Å². The molecule has 0 bridgehead atoms. The normalized spacial score (nSPS) is 12.8. The van der Waals surface area contributed by atoms with E-state index in [0.717, 1.165) is 16.8 Å². The molecule has 3 heteroatoms. The minimum atomic E-state index is -0.130. The Hall–Kier alpha value is -2.16. The number of pyridine rings is 1. The van der Waals surface area contributed by atoms with Gasteiger partial charge in [0.1, 0.15) is 5.75 Å². The summed E-state index contributed by atoms with van der Waals surface area (Å²) in [5.74, 6) is 0.320. The molecule has 1 aromatic carbocycles. The van der Waals surface area contributed by atoms with Crippen LogP contribution < -0.4 is 0 Å². The molecule has 0 aliphatic heterocycles. The molecule has 0 fully saturated rings. The van der Waals surface area contributed by atoms with Crippen LogP contribution in [0.15, 0.2) is 41.5 Å². The molecular weight excluding hydrogens is 296 g/mol. The molecule has 3 nitrogen and oxygen atoms in total. The fraction of sp³-hybridized carbons (Fsp3) is 0.429. The lowest BCUT2D eigenvalue weighted by Gasteiger charge is -2.26. The molecule has 2 aromatic rings. The quantitative estimate of drug-likeness (QED) is 0.807. The highest BCUT2D eigenvalue weighted by Crippen LogP contribution is 2.37. The van der Waals surface area contributed by atoms with Crippen LogP contribution >= 0.6 is 0 Å². The molecule has 1 aromatic heterocycles. The highest BCUT2D eigenvalue weighted by Gasteiger charge is 2.24. The summed E-state index contributed by atoms with van der Waals surface area (Å²) in [4.78, 5) is 8.74. The Morgan fingerprint density at radius 3 is 2.29 bits per heavy atom. The number of nitrogens with zero attached hydrogens (tertiary/aromatic N) is 2. The molecule has 128 valence electrons. The molecule has 1 N–H and O–H groups in total. The number of aliphatic imine (C=N–C) groups is 1. The van der Waals surface area contributed by atoms with E-state index < -0.39 is 0 Å². The lowest BCUT2D eigenvalue weighted by Crippen LogP contribution is -2.17. The van der Waals surface area contributed by atoms with Crippen molar-refractivity contribution < 1.29 is 5.11 Å². The van der Waals surface area contributed by atoms with E-state index in [1.54, 1.807) is 12.4 Å². The molecule has 0 aliphatic carbocycles. The number of phenols is 1. The van der Waals surface area contributed by atoms with Gasteiger partial charge in [0.2, 0.25) is 0 Å². The summed E-state index contributed by atoms with van der Waals surface area (Å²) in [5.41, 5.74) is 3.71. The van der Waals surface area contributed by atoms with Crippen LogP contribution in [0.3, 0.4) is 0 Å². The van der Waals surface area contributed by atoms with Crippen molar-refractivity contribution in [1.29, 1.82) is 0 Å². The summed E-state index contributed by atoms with van der Waals surface area (Å²) < 4.78 is 0. The molecule has 0 saturated heterocycles. The number of hydrogen-bond donors (Lipinski definition) is 1. The third kappa shape index (κ3) is 4.44. The summed E-state index contributed by atoms with van der Waals surface area (Å²) in [6, 6.07) is 9.94. The first-order valence-corrected chi connectivity index (χ1v) is 8.37. The van der Waals surface area contributed by atoms with Crippen LogP contribution in [-0.2, 0) is 17.4 Å². The van der Waals surface area contributed by atoms with Gasteiger partial charge in [-0.3, -0.25) is 9.98 Å². The Labute approximate surface area is 145 Å². The highest BCUT2D eigenvalue weighted by atomic mass is 16.3. The van der Waals surface area contributed by atoms with E-state index in [1.807, 2.05) is 24.3 Å². The average Bonchev–Trinajstić information content (AvgIpc) is 2.47. The van der Waals surface area contributed by atoms with Crippen molar-refractivity contribution in [2.24, 2.45) is 4.99 Å². The van der Waals surface area contributed by atoms with Gasteiger partial charge in [0, 0.05) is 23.5 Å². The van der Waals surface area contributed by atoms with Crippen LogP contribution in [0.25, 0.3) is 0 Å². The van der Waals surface area contributed by atoms with Gasteiger partial charge in [-0.25, -0.2) is 0 Å². The van der Waals surface area contributed by atoms with E-state index in [9.17, 15) is 5.11 Å². The lowest BCUT2D eigenvalue weighted by atomic mass is 9.79. The fourth-order valence-electron chi connectivity index (χ4n) is 2.49. The molecule has 0 unspecified atom stereocenters. The topological polar surface area (TPSA) is 45.5 Å². The van der Waals surface area contributed by atoms with Crippen molar-refractivity contribution in [3.63, 3.8) is 0 Å². The SMILES string of the molecule is CC(C)(C)c1cc(C=NCc2ccccn2)c(O)c(C(C)(C)C)c1. The van der Waals surface area contributed by atoms with Crippen LogP contribution in [0, 0.1) is 0 Å². The molecule has 0 amide bonds. The van der Waals surface area contributed by atoms with Crippen LogP contribution in [0.2, 0.25) is 0 Å². The largest absolute Gasteiger partial charge is 0.507 e. The van der Waals surface area contributed by atoms with Crippen molar-refractivity contribution >= 4 is 6.21 Å². The van der Waals surface area contributed by atoms with E-state index >= 15 is 0 Å². The molecule has 0 saturated carbocycles. The number of aromatic hydroxyl groups is 1. The van der Waals surface area contributed by atoms with E-state index in [2.05, 4.69) is 57.6 Å². The molecule has 2 rings (SSSR count).